The maximum atomic E-state index is 7.46. The second kappa shape index (κ2) is 2.85. The van der Waals surface area contributed by atoms with Crippen LogP contribution in [0.5, 0.6) is 0 Å². The molecule has 0 atom stereocenters. The summed E-state index contributed by atoms with van der Waals surface area (Å²) < 4.78 is 0. The van der Waals surface area contributed by atoms with Gasteiger partial charge < -0.3 is 4.90 Å². The van der Waals surface area contributed by atoms with Gasteiger partial charge in [-0.2, -0.15) is 0 Å². The third-order valence-corrected chi connectivity index (χ3v) is 1.82. The van der Waals surface area contributed by atoms with Crippen molar-refractivity contribution in [3.63, 3.8) is 0 Å². The van der Waals surface area contributed by atoms with Gasteiger partial charge in [-0.15, -0.1) is 0 Å². The Morgan fingerprint density at radius 3 is 2.44 bits per heavy atom. The second-order valence-electron chi connectivity index (χ2n) is 2.49. The highest BCUT2D eigenvalue weighted by Gasteiger charge is 2.12. The van der Waals surface area contributed by atoms with Crippen LogP contribution in [0.4, 0.5) is 0 Å². The summed E-state index contributed by atoms with van der Waals surface area (Å²) in [5, 5.41) is 7.46. The third kappa shape index (κ3) is 1.44. The van der Waals surface area contributed by atoms with E-state index >= 15 is 0 Å². The Labute approximate surface area is 56.4 Å². The highest BCUT2D eigenvalue weighted by molar-refractivity contribution is 5.78. The molecule has 0 aromatic heterocycles. The number of hydrogen-bond acceptors (Lipinski definition) is 1. The van der Waals surface area contributed by atoms with Gasteiger partial charge in [0.25, 0.3) is 0 Å². The number of amidine groups is 1. The topological polar surface area (TPSA) is 27.1 Å². The van der Waals surface area contributed by atoms with Crippen LogP contribution in [0.3, 0.4) is 0 Å². The molecule has 1 aliphatic heterocycles. The molecule has 0 spiro atoms. The highest BCUT2D eigenvalue weighted by Crippen LogP contribution is 2.08. The lowest BCUT2D eigenvalue weighted by molar-refractivity contribution is 0.505. The third-order valence-electron chi connectivity index (χ3n) is 1.82. The molecule has 0 aliphatic carbocycles. The molecule has 1 fully saturated rings. The smallest absolute Gasteiger partial charge is 0.0954 e. The van der Waals surface area contributed by atoms with Gasteiger partial charge in [0.2, 0.25) is 0 Å². The van der Waals surface area contributed by atoms with Gasteiger partial charge in [-0.25, -0.2) is 0 Å². The van der Waals surface area contributed by atoms with Crippen LogP contribution >= 0.6 is 0 Å². The molecule has 0 radical (unpaired) electrons. The molecule has 1 aliphatic rings. The van der Waals surface area contributed by atoms with E-state index in [2.05, 4.69) is 4.90 Å². The van der Waals surface area contributed by atoms with Crippen LogP contribution < -0.4 is 0 Å². The minimum atomic E-state index is 0.812. The second-order valence-corrected chi connectivity index (χ2v) is 2.49. The standard InChI is InChI=1S/C7H14N2/c1-2-7(8)9-5-3-4-6-9/h8H,2-6H2,1H3. The Morgan fingerprint density at radius 2 is 2.00 bits per heavy atom. The minimum Gasteiger partial charge on any atom is -0.361 e. The summed E-state index contributed by atoms with van der Waals surface area (Å²) in [6.45, 7) is 4.28. The van der Waals surface area contributed by atoms with E-state index in [0.717, 1.165) is 25.3 Å². The number of nitrogens with zero attached hydrogens (tertiary/aromatic N) is 1. The van der Waals surface area contributed by atoms with E-state index in [1.54, 1.807) is 0 Å². The Bertz CT molecular complexity index is 103. The molecule has 1 N–H and O–H groups in total. The zero-order chi connectivity index (χ0) is 6.69. The molecule has 0 aromatic rings. The number of rotatable bonds is 1. The van der Waals surface area contributed by atoms with E-state index < -0.39 is 0 Å². The number of hydrogen-bond donors (Lipinski definition) is 1. The normalized spacial score (nSPS) is 18.6. The first-order valence-corrected chi connectivity index (χ1v) is 3.67. The minimum absolute atomic E-state index is 0.812. The Balaban J connectivity index is 2.32. The maximum absolute atomic E-state index is 7.46. The van der Waals surface area contributed by atoms with E-state index in [0.29, 0.717) is 0 Å². The van der Waals surface area contributed by atoms with Crippen molar-refractivity contribution in [2.75, 3.05) is 13.1 Å². The summed E-state index contributed by atoms with van der Waals surface area (Å²) in [5.41, 5.74) is 0. The van der Waals surface area contributed by atoms with E-state index in [4.69, 9.17) is 5.41 Å². The van der Waals surface area contributed by atoms with Crippen LogP contribution in [0.15, 0.2) is 0 Å². The number of likely N-dealkylation sites (tertiary alicyclic amines) is 1. The van der Waals surface area contributed by atoms with E-state index in [-0.39, 0.29) is 0 Å². The zero-order valence-electron chi connectivity index (χ0n) is 5.98. The average Bonchev–Trinajstić information content (AvgIpc) is 2.37. The highest BCUT2D eigenvalue weighted by atomic mass is 15.2. The van der Waals surface area contributed by atoms with E-state index in [1.807, 2.05) is 6.92 Å². The van der Waals surface area contributed by atoms with Crippen molar-refractivity contribution >= 4 is 5.84 Å². The SMILES string of the molecule is CCC(=N)N1CCCC1. The predicted molar refractivity (Wildman–Crippen MR) is 38.8 cm³/mol. The first-order valence-electron chi connectivity index (χ1n) is 3.67. The van der Waals surface area contributed by atoms with Gasteiger partial charge in [0.1, 0.15) is 0 Å². The molecule has 52 valence electrons. The fourth-order valence-electron chi connectivity index (χ4n) is 1.21. The molecule has 2 nitrogen and oxygen atoms in total. The van der Waals surface area contributed by atoms with E-state index in [9.17, 15) is 0 Å². The zero-order valence-corrected chi connectivity index (χ0v) is 5.98. The lowest BCUT2D eigenvalue weighted by Crippen LogP contribution is -2.25. The summed E-state index contributed by atoms with van der Waals surface area (Å²) >= 11 is 0. The monoisotopic (exact) mass is 126 g/mol. The molecule has 0 amide bonds. The molecule has 1 rings (SSSR count). The molecular formula is C7H14N2. The van der Waals surface area contributed by atoms with Crippen molar-refractivity contribution in [1.82, 2.24) is 4.90 Å². The molecule has 1 heterocycles. The van der Waals surface area contributed by atoms with Gasteiger partial charge in [-0.05, 0) is 12.8 Å². The summed E-state index contributed by atoms with van der Waals surface area (Å²) in [7, 11) is 0. The summed E-state index contributed by atoms with van der Waals surface area (Å²) in [6.07, 6.45) is 3.45. The molecule has 0 unspecified atom stereocenters. The van der Waals surface area contributed by atoms with Crippen molar-refractivity contribution in [2.45, 2.75) is 26.2 Å². The first kappa shape index (κ1) is 6.59. The summed E-state index contributed by atoms with van der Waals surface area (Å²) in [5.74, 6) is 0.812. The van der Waals surface area contributed by atoms with Crippen molar-refractivity contribution in [2.24, 2.45) is 0 Å². The summed E-state index contributed by atoms with van der Waals surface area (Å²) in [4.78, 5) is 2.17. The Morgan fingerprint density at radius 1 is 1.44 bits per heavy atom. The average molecular weight is 126 g/mol. The number of nitrogens with one attached hydrogen (secondary N) is 1. The molecular weight excluding hydrogens is 112 g/mol. The molecule has 0 bridgehead atoms. The first-order chi connectivity index (χ1) is 4.34. The van der Waals surface area contributed by atoms with Gasteiger partial charge >= 0.3 is 0 Å². The van der Waals surface area contributed by atoms with Crippen LogP contribution in [-0.2, 0) is 0 Å². The van der Waals surface area contributed by atoms with Gasteiger partial charge in [-0.3, -0.25) is 5.41 Å². The van der Waals surface area contributed by atoms with Crippen LogP contribution in [0, 0.1) is 5.41 Å². The molecule has 9 heavy (non-hydrogen) atoms. The van der Waals surface area contributed by atoms with Crippen LogP contribution in [-0.4, -0.2) is 23.8 Å². The van der Waals surface area contributed by atoms with Gasteiger partial charge in [0, 0.05) is 19.5 Å². The van der Waals surface area contributed by atoms with Crippen molar-refractivity contribution in [1.29, 1.82) is 5.41 Å². The molecule has 1 saturated heterocycles. The quantitative estimate of drug-likeness (QED) is 0.418. The van der Waals surface area contributed by atoms with Crippen molar-refractivity contribution in [3.8, 4) is 0 Å². The van der Waals surface area contributed by atoms with Crippen molar-refractivity contribution in [3.05, 3.63) is 0 Å². The van der Waals surface area contributed by atoms with Crippen molar-refractivity contribution < 1.29 is 0 Å². The molecule has 2 heteroatoms. The van der Waals surface area contributed by atoms with Crippen LogP contribution in [0.1, 0.15) is 26.2 Å². The summed E-state index contributed by atoms with van der Waals surface area (Å²) in [6, 6.07) is 0. The molecule has 0 aromatic carbocycles. The van der Waals surface area contributed by atoms with Crippen LogP contribution in [0.2, 0.25) is 0 Å². The van der Waals surface area contributed by atoms with Gasteiger partial charge in [-0.1, -0.05) is 6.92 Å². The van der Waals surface area contributed by atoms with E-state index in [1.165, 1.54) is 12.8 Å². The molecule has 0 saturated carbocycles. The fraction of sp³-hybridized carbons (Fsp3) is 0.857. The Hall–Kier alpha value is -0.530. The maximum Gasteiger partial charge on any atom is 0.0954 e. The van der Waals surface area contributed by atoms with Gasteiger partial charge in [0.15, 0.2) is 0 Å². The van der Waals surface area contributed by atoms with Crippen LogP contribution in [0.25, 0.3) is 0 Å². The lowest BCUT2D eigenvalue weighted by Gasteiger charge is -2.16. The predicted octanol–water partition coefficient (Wildman–Crippen LogP) is 1.47. The Kier molecular flexibility index (Phi) is 2.09. The van der Waals surface area contributed by atoms with Gasteiger partial charge in [0.05, 0.1) is 5.84 Å². The largest absolute Gasteiger partial charge is 0.361 e. The fourth-order valence-corrected chi connectivity index (χ4v) is 1.21. The lowest BCUT2D eigenvalue weighted by atomic mass is 10.4.